The Bertz CT molecular complexity index is 952. The van der Waals surface area contributed by atoms with Gasteiger partial charge >= 0.3 is 0 Å². The number of carbonyl (C=O) groups excluding carboxylic acids is 2. The van der Waals surface area contributed by atoms with Crippen molar-refractivity contribution in [2.24, 2.45) is 10.3 Å². The molecule has 4 rings (SSSR count). The molecule has 0 saturated carbocycles. The molecule has 0 radical (unpaired) electrons. The van der Waals surface area contributed by atoms with E-state index in [2.05, 4.69) is 26.3 Å². The van der Waals surface area contributed by atoms with Crippen LogP contribution in [0.1, 0.15) is 16.7 Å². The molecule has 2 amide bonds. The Kier molecular flexibility index (Phi) is 3.91. The Morgan fingerprint density at radius 3 is 2.27 bits per heavy atom. The lowest BCUT2D eigenvalue weighted by Crippen LogP contribution is -2.40. The van der Waals surface area contributed by atoms with E-state index in [0.717, 1.165) is 26.9 Å². The molecule has 2 aliphatic rings. The van der Waals surface area contributed by atoms with Gasteiger partial charge in [0.15, 0.2) is 12.1 Å². The SMILES string of the molecule is Cc1cc(C)cc(N2C(=O)[C@@H]3[C@@H](N=NN3c3ccc(Br)c(C)c3)C2=O)c1. The average Bonchev–Trinajstić information content (AvgIpc) is 3.10. The molecule has 0 bridgehead atoms. The summed E-state index contributed by atoms with van der Waals surface area (Å²) in [4.78, 5) is 27.2. The zero-order chi connectivity index (χ0) is 18.6. The molecule has 0 aromatic heterocycles. The van der Waals surface area contributed by atoms with Crippen LogP contribution in [0.15, 0.2) is 51.2 Å². The number of aryl methyl sites for hydroxylation is 3. The highest BCUT2D eigenvalue weighted by atomic mass is 79.9. The smallest absolute Gasteiger partial charge is 0.263 e. The van der Waals surface area contributed by atoms with Crippen molar-refractivity contribution in [3.8, 4) is 0 Å². The van der Waals surface area contributed by atoms with E-state index >= 15 is 0 Å². The predicted molar refractivity (Wildman–Crippen MR) is 102 cm³/mol. The maximum atomic E-state index is 13.1. The molecule has 2 aromatic carbocycles. The summed E-state index contributed by atoms with van der Waals surface area (Å²) in [7, 11) is 0. The van der Waals surface area contributed by atoms with Gasteiger partial charge in [-0.15, -0.1) is 0 Å². The number of amides is 2. The predicted octanol–water partition coefficient (Wildman–Crippen LogP) is 3.87. The molecule has 7 heteroatoms. The molecule has 132 valence electrons. The molecular formula is C19H17BrN4O2. The molecule has 0 N–H and O–H groups in total. The molecule has 0 spiro atoms. The number of rotatable bonds is 2. The van der Waals surface area contributed by atoms with Crippen molar-refractivity contribution < 1.29 is 9.59 Å². The zero-order valence-electron chi connectivity index (χ0n) is 14.6. The second-order valence-corrected chi connectivity index (χ2v) is 7.58. The lowest BCUT2D eigenvalue weighted by atomic mass is 10.1. The molecule has 2 aromatic rings. The van der Waals surface area contributed by atoms with Crippen molar-refractivity contribution in [2.45, 2.75) is 32.9 Å². The molecule has 2 heterocycles. The third-order valence-electron chi connectivity index (χ3n) is 4.65. The fourth-order valence-electron chi connectivity index (χ4n) is 3.48. The van der Waals surface area contributed by atoms with Crippen LogP contribution in [0.5, 0.6) is 0 Å². The van der Waals surface area contributed by atoms with Crippen LogP contribution in [0.2, 0.25) is 0 Å². The number of hydrogen-bond acceptors (Lipinski definition) is 5. The standard InChI is InChI=1S/C19H17BrN4O2/c1-10-6-11(2)8-14(7-10)23-18(25)16-17(19(23)26)24(22-21-16)13-4-5-15(20)12(3)9-13/h4-9,16-17H,1-3H3/t16-,17+/m1/s1. The minimum Gasteiger partial charge on any atom is -0.271 e. The van der Waals surface area contributed by atoms with Gasteiger partial charge in [0.2, 0.25) is 0 Å². The third-order valence-corrected chi connectivity index (χ3v) is 5.54. The summed E-state index contributed by atoms with van der Waals surface area (Å²) in [5.74, 6) is -0.624. The van der Waals surface area contributed by atoms with Gasteiger partial charge in [-0.2, -0.15) is 5.11 Å². The molecular weight excluding hydrogens is 396 g/mol. The normalized spacial score (nSPS) is 21.7. The van der Waals surface area contributed by atoms with E-state index < -0.39 is 12.1 Å². The first-order chi connectivity index (χ1) is 12.4. The largest absolute Gasteiger partial charge is 0.271 e. The number of hydrogen-bond donors (Lipinski definition) is 0. The number of nitrogens with zero attached hydrogens (tertiary/aromatic N) is 4. The monoisotopic (exact) mass is 412 g/mol. The van der Waals surface area contributed by atoms with Crippen LogP contribution >= 0.6 is 15.9 Å². The molecule has 2 aliphatic heterocycles. The molecule has 0 unspecified atom stereocenters. The summed E-state index contributed by atoms with van der Waals surface area (Å²) in [6.07, 6.45) is 0. The van der Waals surface area contributed by atoms with E-state index in [0.29, 0.717) is 5.69 Å². The van der Waals surface area contributed by atoms with E-state index in [1.54, 1.807) is 5.01 Å². The van der Waals surface area contributed by atoms with Crippen LogP contribution in [-0.4, -0.2) is 23.9 Å². The summed E-state index contributed by atoms with van der Waals surface area (Å²) in [6.45, 7) is 5.85. The second kappa shape index (κ2) is 6.02. The first kappa shape index (κ1) is 16.9. The van der Waals surface area contributed by atoms with E-state index in [4.69, 9.17) is 0 Å². The van der Waals surface area contributed by atoms with E-state index in [1.807, 2.05) is 57.2 Å². The summed E-state index contributed by atoms with van der Waals surface area (Å²) >= 11 is 3.47. The third kappa shape index (κ3) is 2.54. The minimum absolute atomic E-state index is 0.296. The van der Waals surface area contributed by atoms with Gasteiger partial charge in [0.1, 0.15) is 0 Å². The van der Waals surface area contributed by atoms with Gasteiger partial charge in [-0.1, -0.05) is 27.2 Å². The van der Waals surface area contributed by atoms with E-state index in [9.17, 15) is 9.59 Å². The molecule has 6 nitrogen and oxygen atoms in total. The highest BCUT2D eigenvalue weighted by Gasteiger charge is 2.55. The number of carbonyl (C=O) groups is 2. The van der Waals surface area contributed by atoms with Crippen molar-refractivity contribution in [3.05, 3.63) is 57.6 Å². The van der Waals surface area contributed by atoms with Crippen LogP contribution < -0.4 is 9.91 Å². The minimum atomic E-state index is -0.799. The van der Waals surface area contributed by atoms with Crippen LogP contribution in [0.4, 0.5) is 11.4 Å². The van der Waals surface area contributed by atoms with Gasteiger partial charge < -0.3 is 0 Å². The number of imide groups is 1. The number of benzene rings is 2. The van der Waals surface area contributed by atoms with Crippen molar-refractivity contribution in [1.82, 2.24) is 0 Å². The number of anilines is 2. The maximum absolute atomic E-state index is 13.1. The van der Waals surface area contributed by atoms with Gasteiger partial charge in [-0.25, -0.2) is 9.91 Å². The van der Waals surface area contributed by atoms with Crippen molar-refractivity contribution in [3.63, 3.8) is 0 Å². The van der Waals surface area contributed by atoms with Crippen molar-refractivity contribution >= 4 is 39.1 Å². The fourth-order valence-corrected chi connectivity index (χ4v) is 3.73. The van der Waals surface area contributed by atoms with Crippen LogP contribution in [0.3, 0.4) is 0 Å². The summed E-state index contributed by atoms with van der Waals surface area (Å²) < 4.78 is 0.972. The number of fused-ring (bicyclic) bond motifs is 1. The Labute approximate surface area is 159 Å². The summed E-state index contributed by atoms with van der Waals surface area (Å²) in [5.41, 5.74) is 4.35. The van der Waals surface area contributed by atoms with Gasteiger partial charge in [0, 0.05) is 4.47 Å². The maximum Gasteiger partial charge on any atom is 0.263 e. The number of halogens is 1. The fraction of sp³-hybridized carbons (Fsp3) is 0.263. The zero-order valence-corrected chi connectivity index (χ0v) is 16.2. The van der Waals surface area contributed by atoms with Crippen molar-refractivity contribution in [1.29, 1.82) is 0 Å². The Hall–Kier alpha value is -2.54. The van der Waals surface area contributed by atoms with E-state index in [-0.39, 0.29) is 11.8 Å². The van der Waals surface area contributed by atoms with Crippen LogP contribution in [-0.2, 0) is 9.59 Å². The van der Waals surface area contributed by atoms with Crippen LogP contribution in [0.25, 0.3) is 0 Å². The van der Waals surface area contributed by atoms with Crippen LogP contribution in [0, 0.1) is 20.8 Å². The Balaban J connectivity index is 1.72. The molecule has 26 heavy (non-hydrogen) atoms. The lowest BCUT2D eigenvalue weighted by Gasteiger charge is -2.21. The Morgan fingerprint density at radius 2 is 1.62 bits per heavy atom. The Morgan fingerprint density at radius 1 is 0.923 bits per heavy atom. The second-order valence-electron chi connectivity index (χ2n) is 6.73. The average molecular weight is 413 g/mol. The van der Waals surface area contributed by atoms with Crippen molar-refractivity contribution in [2.75, 3.05) is 9.91 Å². The van der Waals surface area contributed by atoms with Gasteiger partial charge in [-0.05, 0) is 67.8 Å². The van der Waals surface area contributed by atoms with Gasteiger partial charge in [-0.3, -0.25) is 9.59 Å². The summed E-state index contributed by atoms with van der Waals surface area (Å²) in [5, 5.41) is 9.74. The van der Waals surface area contributed by atoms with Gasteiger partial charge in [0.25, 0.3) is 11.8 Å². The first-order valence-electron chi connectivity index (χ1n) is 8.29. The quantitative estimate of drug-likeness (QED) is 0.703. The highest BCUT2D eigenvalue weighted by Crippen LogP contribution is 2.36. The molecule has 1 fully saturated rings. The van der Waals surface area contributed by atoms with E-state index in [1.165, 1.54) is 4.90 Å². The summed E-state index contributed by atoms with van der Waals surface area (Å²) in [6, 6.07) is 9.83. The molecule has 0 aliphatic carbocycles. The topological polar surface area (TPSA) is 65.3 Å². The molecule has 1 saturated heterocycles. The van der Waals surface area contributed by atoms with Gasteiger partial charge in [0.05, 0.1) is 11.4 Å². The first-order valence-corrected chi connectivity index (χ1v) is 9.08. The molecule has 2 atom stereocenters. The lowest BCUT2D eigenvalue weighted by molar-refractivity contribution is -0.121. The highest BCUT2D eigenvalue weighted by molar-refractivity contribution is 9.10.